The van der Waals surface area contributed by atoms with Crippen molar-refractivity contribution in [1.82, 2.24) is 18.7 Å². The zero-order chi connectivity index (χ0) is 62.4. The first-order valence-electron chi connectivity index (χ1n) is 31.7. The molecule has 0 aliphatic carbocycles. The summed E-state index contributed by atoms with van der Waals surface area (Å²) in [6, 6.07) is 79.2. The van der Waals surface area contributed by atoms with Gasteiger partial charge in [0, 0.05) is 60.7 Å². The number of imidazole rings is 1. The maximum Gasteiger partial charge on any atom is 0.268 e. The Balaban J connectivity index is 0.00000702. The number of benzene rings is 11. The standard InChI is InChI=1S/C80H59N5O.Pt/c1-79(2,3)53-39-37-52(38-40-53)60-31-20-33-68-76-59(51-21-8-7-9-22-51)30-19-32-67(76)61-25-10-11-26-62(61)69-47-56(84-70-34-15-12-27-63(70)64-28-13-16-35-71(64)84)48-74-78(69)83(77(60)68)50-82(74)55-23-18-24-57(46-55)86-58-41-42-66-65-29-14-17-36-72(65)85(73(66)49-58)75-45-54(43-44-81-75)80(4,5)6;/h7-45,47-48H,1-6H3;/q-2;/i7D,8D,9D,21D,22D;. The molecule has 11 aromatic carbocycles. The molecule has 5 heterocycles. The van der Waals surface area contributed by atoms with Crippen LogP contribution in [-0.2, 0) is 31.9 Å². The maximum absolute atomic E-state index is 9.52. The third-order valence-electron chi connectivity index (χ3n) is 17.1. The SMILES string of the molecule is [2H]c1c([2H])c([2H])c(-c2cccc3c2-c2cccc(-c4ccc(C(C)(C)C)cc4)c2-[n+]2[c-]n(-c4[c-]c(Oc5[c-]c6c(cc5)c5ccccc5n6-c5cc(C(C)(C)C)ccn5)ccc4)c4cc(-n5c6ccccc6c6ccccc65)cc(c42)-c2ccccc2-3)c([2H])c1[2H].[Pt]. The van der Waals surface area contributed by atoms with Crippen LogP contribution in [0.1, 0.15) is 59.5 Å². The maximum atomic E-state index is 9.52. The Kier molecular flexibility index (Phi) is 11.5. The van der Waals surface area contributed by atoms with Gasteiger partial charge in [0.05, 0.1) is 34.6 Å². The average Bonchev–Trinajstić information content (AvgIpc) is 1.48. The van der Waals surface area contributed by atoms with E-state index in [4.69, 9.17) is 13.8 Å². The Morgan fingerprint density at radius 1 is 0.460 bits per heavy atom. The second-order valence-corrected chi connectivity index (χ2v) is 24.4. The summed E-state index contributed by atoms with van der Waals surface area (Å²) in [4.78, 5) is 4.93. The number of ether oxygens (including phenoxy) is 1. The van der Waals surface area contributed by atoms with E-state index in [2.05, 4.69) is 248 Å². The fourth-order valence-corrected chi connectivity index (χ4v) is 13.0. The second kappa shape index (κ2) is 20.7. The van der Waals surface area contributed by atoms with Crippen LogP contribution in [-0.4, -0.2) is 18.7 Å². The molecule has 1 aliphatic heterocycles. The Labute approximate surface area is 528 Å². The number of pyridine rings is 1. The summed E-state index contributed by atoms with van der Waals surface area (Å²) in [6.07, 6.45) is 5.87. The van der Waals surface area contributed by atoms with Gasteiger partial charge in [-0.1, -0.05) is 217 Å². The number of fused-ring (bicyclic) bond motifs is 13. The van der Waals surface area contributed by atoms with E-state index in [-0.39, 0.29) is 49.5 Å². The molecular weight excluding hydrogens is 1240 g/mol. The van der Waals surface area contributed by atoms with Gasteiger partial charge in [0.15, 0.2) is 0 Å². The van der Waals surface area contributed by atoms with Crippen LogP contribution in [0.3, 0.4) is 0 Å². The number of hydrogen-bond acceptors (Lipinski definition) is 2. The van der Waals surface area contributed by atoms with E-state index in [9.17, 15) is 2.74 Å². The molecule has 1 aliphatic rings. The normalized spacial score (nSPS) is 13.0. The molecular formula is C80H59N5OPt-2. The molecule has 87 heavy (non-hydrogen) atoms. The van der Waals surface area contributed by atoms with Gasteiger partial charge in [-0.25, -0.2) is 4.98 Å². The molecule has 0 spiro atoms. The minimum Gasteiger partial charge on any atom is -0.510 e. The molecule has 4 aromatic heterocycles. The molecule has 0 atom stereocenters. The Bertz CT molecular complexity index is 5470. The summed E-state index contributed by atoms with van der Waals surface area (Å²) in [7, 11) is 0. The number of rotatable bonds is 7. The van der Waals surface area contributed by atoms with Crippen LogP contribution in [0.5, 0.6) is 11.5 Å². The number of nitrogens with zero attached hydrogens (tertiary/aromatic N) is 5. The third-order valence-corrected chi connectivity index (χ3v) is 17.1. The van der Waals surface area contributed by atoms with Gasteiger partial charge < -0.3 is 18.4 Å². The van der Waals surface area contributed by atoms with Gasteiger partial charge in [-0.2, -0.15) is 18.2 Å². The van der Waals surface area contributed by atoms with Crippen LogP contribution in [0.15, 0.2) is 249 Å². The Hall–Kier alpha value is -9.87. The number of hydrogen-bond donors (Lipinski definition) is 0. The molecule has 0 amide bonds. The van der Waals surface area contributed by atoms with E-state index in [0.29, 0.717) is 28.3 Å². The predicted molar refractivity (Wildman–Crippen MR) is 352 cm³/mol. The minimum atomic E-state index is -0.450. The van der Waals surface area contributed by atoms with Gasteiger partial charge >= 0.3 is 0 Å². The van der Waals surface area contributed by atoms with E-state index in [1.807, 2.05) is 48.7 Å². The molecule has 7 heteroatoms. The Morgan fingerprint density at radius 3 is 1.75 bits per heavy atom. The fourth-order valence-electron chi connectivity index (χ4n) is 13.0. The number of aromatic nitrogens is 5. The van der Waals surface area contributed by atoms with Crippen molar-refractivity contribution in [1.29, 1.82) is 0 Å². The molecule has 0 bridgehead atoms. The molecule has 16 rings (SSSR count). The Morgan fingerprint density at radius 2 is 1.05 bits per heavy atom. The molecule has 6 nitrogen and oxygen atoms in total. The van der Waals surface area contributed by atoms with E-state index in [0.717, 1.165) is 111 Å². The first-order chi connectivity index (χ1) is 44.0. The van der Waals surface area contributed by atoms with E-state index in [1.165, 1.54) is 11.1 Å². The van der Waals surface area contributed by atoms with Crippen molar-refractivity contribution < 1.29 is 37.2 Å². The molecule has 422 valence electrons. The summed E-state index contributed by atoms with van der Waals surface area (Å²) in [5, 5.41) is 4.37. The van der Waals surface area contributed by atoms with Crippen LogP contribution >= 0.6 is 0 Å². The average molecular weight is 1310 g/mol. The molecule has 15 aromatic rings. The van der Waals surface area contributed by atoms with Gasteiger partial charge in [0.2, 0.25) is 0 Å². The summed E-state index contributed by atoms with van der Waals surface area (Å²) in [5.41, 5.74) is 17.6. The largest absolute Gasteiger partial charge is 0.510 e. The zero-order valence-corrected chi connectivity index (χ0v) is 51.0. The van der Waals surface area contributed by atoms with E-state index >= 15 is 0 Å². The molecule has 0 N–H and O–H groups in total. The van der Waals surface area contributed by atoms with Crippen LogP contribution in [0.25, 0.3) is 133 Å². The first-order valence-corrected chi connectivity index (χ1v) is 29.2. The number of para-hydroxylation sites is 4. The summed E-state index contributed by atoms with van der Waals surface area (Å²) >= 11 is 0. The molecule has 0 saturated carbocycles. The van der Waals surface area contributed by atoms with Crippen LogP contribution in [0.2, 0.25) is 0 Å². The van der Waals surface area contributed by atoms with Gasteiger partial charge in [-0.15, -0.1) is 29.7 Å². The summed E-state index contributed by atoms with van der Waals surface area (Å²) in [5.74, 6) is 1.77. The summed E-state index contributed by atoms with van der Waals surface area (Å²) in [6.45, 7) is 13.3. The van der Waals surface area contributed by atoms with Gasteiger partial charge in [0.25, 0.3) is 6.33 Å². The predicted octanol–water partition coefficient (Wildman–Crippen LogP) is 19.9. The quantitative estimate of drug-likeness (QED) is 0.118. The van der Waals surface area contributed by atoms with Crippen molar-refractivity contribution in [3.8, 4) is 90.0 Å². The molecule has 0 saturated heterocycles. The monoisotopic (exact) mass is 1310 g/mol. The molecule has 0 fully saturated rings. The molecule has 0 radical (unpaired) electrons. The smallest absolute Gasteiger partial charge is 0.268 e. The van der Waals surface area contributed by atoms with Gasteiger partial charge in [0.1, 0.15) is 5.82 Å². The minimum absolute atomic E-state index is 0. The van der Waals surface area contributed by atoms with E-state index < -0.39 is 18.1 Å². The van der Waals surface area contributed by atoms with Crippen LogP contribution in [0, 0.1) is 18.5 Å². The van der Waals surface area contributed by atoms with Crippen LogP contribution in [0.4, 0.5) is 0 Å². The molecule has 0 unspecified atom stereocenters. The topological polar surface area (TPSA) is 40.8 Å². The first kappa shape index (κ1) is 48.4. The zero-order valence-electron chi connectivity index (χ0n) is 53.7. The van der Waals surface area contributed by atoms with Crippen LogP contribution < -0.4 is 9.30 Å². The van der Waals surface area contributed by atoms with Gasteiger partial charge in [-0.3, -0.25) is 4.57 Å². The summed E-state index contributed by atoms with van der Waals surface area (Å²) < 4.78 is 61.4. The fraction of sp³-hybridized carbons (Fsp3) is 0.100. The van der Waals surface area contributed by atoms with Crippen molar-refractivity contribution in [2.45, 2.75) is 52.4 Å². The van der Waals surface area contributed by atoms with Gasteiger partial charge in [-0.05, 0) is 131 Å². The van der Waals surface area contributed by atoms with E-state index in [1.54, 1.807) is 0 Å². The second-order valence-electron chi connectivity index (χ2n) is 24.4. The van der Waals surface area contributed by atoms with Crippen molar-refractivity contribution >= 4 is 54.6 Å². The van der Waals surface area contributed by atoms with Crippen molar-refractivity contribution in [2.24, 2.45) is 0 Å². The van der Waals surface area contributed by atoms with Crippen molar-refractivity contribution in [2.75, 3.05) is 0 Å². The third kappa shape index (κ3) is 8.87. The van der Waals surface area contributed by atoms with Crippen molar-refractivity contribution in [3.05, 3.63) is 278 Å². The van der Waals surface area contributed by atoms with Crippen molar-refractivity contribution in [3.63, 3.8) is 0 Å².